The standard InChI is InChI=1S/C15H20N4OSi.C12H12N4O.CH2O3.2K.H/c1-6-19-13-12(10(2)17-15(16)18-13)9-11(14(19)20)7-8-21(3,4)5;1-4-8-6-9-7(3)14-12(13)15-10(9)16(5-2)11(8)17;2-1-4-3;;;/h9H,6H2,1-5H3,(H2,16,17,18);1,6H,5H2,2-3H3,(H2,13,14,15);1,3H;;;/q;;;2*+1;-1/p-1. The van der Waals surface area contributed by atoms with Crippen molar-refractivity contribution in [2.45, 2.75) is 60.4 Å². The zero-order valence-corrected chi connectivity index (χ0v) is 33.8. The number of anilines is 2. The first-order chi connectivity index (χ1) is 19.7. The zero-order valence-electron chi connectivity index (χ0n) is 27.6. The van der Waals surface area contributed by atoms with Gasteiger partial charge in [0.05, 0.1) is 22.5 Å². The van der Waals surface area contributed by atoms with Gasteiger partial charge in [-0.1, -0.05) is 31.5 Å². The molecule has 44 heavy (non-hydrogen) atoms. The van der Waals surface area contributed by atoms with E-state index in [0.29, 0.717) is 41.2 Å². The van der Waals surface area contributed by atoms with Crippen LogP contribution in [0.1, 0.15) is 37.8 Å². The van der Waals surface area contributed by atoms with Crippen molar-refractivity contribution in [2.24, 2.45) is 0 Å². The van der Waals surface area contributed by atoms with E-state index in [0.717, 1.165) is 16.5 Å². The van der Waals surface area contributed by atoms with Crippen LogP contribution in [-0.2, 0) is 22.8 Å². The molecule has 0 bridgehead atoms. The van der Waals surface area contributed by atoms with Gasteiger partial charge < -0.3 is 23.0 Å². The minimum Gasteiger partial charge on any atom is -1.00 e. The average Bonchev–Trinajstić information content (AvgIpc) is 2.92. The fourth-order valence-electron chi connectivity index (χ4n) is 3.85. The van der Waals surface area contributed by atoms with Crippen LogP contribution in [0.2, 0.25) is 19.6 Å². The Morgan fingerprint density at radius 1 is 0.909 bits per heavy atom. The maximum atomic E-state index is 12.5. The van der Waals surface area contributed by atoms with Crippen molar-refractivity contribution >= 4 is 48.5 Å². The molecule has 0 atom stereocenters. The van der Waals surface area contributed by atoms with E-state index in [4.69, 9.17) is 27.9 Å². The number of rotatable bonds is 3. The fraction of sp³-hybridized carbons (Fsp3) is 0.321. The summed E-state index contributed by atoms with van der Waals surface area (Å²) in [6.45, 7) is 14.7. The first-order valence-electron chi connectivity index (χ1n) is 12.8. The Balaban J connectivity index is 0. The van der Waals surface area contributed by atoms with Crippen LogP contribution in [-0.4, -0.2) is 43.6 Å². The van der Waals surface area contributed by atoms with Crippen molar-refractivity contribution in [1.29, 1.82) is 0 Å². The number of nitrogens with zero attached hydrogens (tertiary/aromatic N) is 6. The number of nitrogen functional groups attached to an aromatic ring is 2. The summed E-state index contributed by atoms with van der Waals surface area (Å²) >= 11 is 0. The molecule has 0 fully saturated rings. The zero-order chi connectivity index (χ0) is 31.8. The van der Waals surface area contributed by atoms with Gasteiger partial charge in [0.25, 0.3) is 17.6 Å². The van der Waals surface area contributed by atoms with Crippen molar-refractivity contribution in [1.82, 2.24) is 29.1 Å². The quantitative estimate of drug-likeness (QED) is 0.0699. The molecule has 4 rings (SSSR count). The third-order valence-electron chi connectivity index (χ3n) is 5.71. The molecule has 4 aromatic rings. The molecule has 222 valence electrons. The Hall–Kier alpha value is -1.78. The van der Waals surface area contributed by atoms with Crippen molar-refractivity contribution in [2.75, 3.05) is 11.5 Å². The van der Waals surface area contributed by atoms with Crippen LogP contribution >= 0.6 is 0 Å². The first kappa shape index (κ1) is 42.2. The Morgan fingerprint density at radius 3 is 1.64 bits per heavy atom. The summed E-state index contributed by atoms with van der Waals surface area (Å²) in [6.07, 6.45) is 5.32. The Labute approximate surface area is 342 Å². The Bertz CT molecular complexity index is 1880. The van der Waals surface area contributed by atoms with Gasteiger partial charge in [0, 0.05) is 23.9 Å². The number of aromatic nitrogens is 6. The van der Waals surface area contributed by atoms with Crippen molar-refractivity contribution in [3.05, 3.63) is 55.4 Å². The van der Waals surface area contributed by atoms with Gasteiger partial charge in [-0.15, -0.1) is 12.0 Å². The first-order valence-corrected chi connectivity index (χ1v) is 16.3. The predicted molar refractivity (Wildman–Crippen MR) is 164 cm³/mol. The van der Waals surface area contributed by atoms with E-state index in [2.05, 4.69) is 61.8 Å². The number of aryl methyl sites for hydroxylation is 4. The molecule has 16 heteroatoms. The second-order valence-corrected chi connectivity index (χ2v) is 14.6. The molecule has 0 aliphatic heterocycles. The normalized spacial score (nSPS) is 9.89. The van der Waals surface area contributed by atoms with Gasteiger partial charge in [-0.3, -0.25) is 23.5 Å². The van der Waals surface area contributed by atoms with Crippen LogP contribution in [0.25, 0.3) is 22.1 Å². The van der Waals surface area contributed by atoms with E-state index in [1.54, 1.807) is 16.7 Å². The maximum absolute atomic E-state index is 12.5. The molecule has 0 unspecified atom stereocenters. The predicted octanol–water partition coefficient (Wildman–Crippen LogP) is -4.83. The van der Waals surface area contributed by atoms with Gasteiger partial charge in [-0.05, 0) is 39.8 Å². The van der Waals surface area contributed by atoms with Crippen molar-refractivity contribution in [3.8, 4) is 23.8 Å². The number of carbonyl (C=O) groups is 1. The molecule has 0 saturated carbocycles. The third kappa shape index (κ3) is 10.9. The van der Waals surface area contributed by atoms with Gasteiger partial charge in [0.1, 0.15) is 19.4 Å². The van der Waals surface area contributed by atoms with Gasteiger partial charge in [0.15, 0.2) is 0 Å². The van der Waals surface area contributed by atoms with E-state index >= 15 is 0 Å². The molecular formula is C28H34K2N8O5Si. The number of carbonyl (C=O) groups excluding carboxylic acids is 1. The molecular weight excluding hydrogens is 635 g/mol. The van der Waals surface area contributed by atoms with Gasteiger partial charge >= 0.3 is 103 Å². The number of hydrogen-bond acceptors (Lipinski definition) is 11. The second-order valence-electron chi connectivity index (χ2n) is 9.86. The van der Waals surface area contributed by atoms with E-state index in [-0.39, 0.29) is 134 Å². The topological polar surface area (TPSA) is 197 Å². The number of hydrogen-bond donors (Lipinski definition) is 2. The van der Waals surface area contributed by atoms with E-state index in [1.807, 2.05) is 27.7 Å². The Morgan fingerprint density at radius 2 is 1.30 bits per heavy atom. The molecule has 0 aromatic carbocycles. The summed E-state index contributed by atoms with van der Waals surface area (Å²) in [4.78, 5) is 52.3. The molecule has 4 aromatic heterocycles. The summed E-state index contributed by atoms with van der Waals surface area (Å²) in [5.41, 5.74) is 17.6. The number of nitrogens with two attached hydrogens (primary N) is 2. The molecule has 4 N–H and O–H groups in total. The summed E-state index contributed by atoms with van der Waals surface area (Å²) in [6, 6.07) is 3.42. The summed E-state index contributed by atoms with van der Waals surface area (Å²) in [5, 5.41) is 10.0. The van der Waals surface area contributed by atoms with Crippen molar-refractivity contribution < 1.29 is 119 Å². The largest absolute Gasteiger partial charge is 1.00 e. The van der Waals surface area contributed by atoms with Crippen LogP contribution < -0.4 is 131 Å². The molecule has 0 spiro atoms. The maximum Gasteiger partial charge on any atom is 1.00 e. The van der Waals surface area contributed by atoms with Crippen molar-refractivity contribution in [3.63, 3.8) is 0 Å². The minimum absolute atomic E-state index is 0. The molecule has 13 nitrogen and oxygen atoms in total. The van der Waals surface area contributed by atoms with Gasteiger partial charge in [-0.25, -0.2) is 9.97 Å². The summed E-state index contributed by atoms with van der Waals surface area (Å²) in [5.74, 6) is 5.78. The molecule has 4 heterocycles. The van der Waals surface area contributed by atoms with Crippen LogP contribution in [0.15, 0.2) is 21.7 Å². The van der Waals surface area contributed by atoms with Crippen LogP contribution in [0.3, 0.4) is 0 Å². The van der Waals surface area contributed by atoms with E-state index in [1.165, 1.54) is 4.57 Å². The van der Waals surface area contributed by atoms with E-state index < -0.39 is 8.07 Å². The average molecular weight is 669 g/mol. The number of pyridine rings is 2. The fourth-order valence-corrected chi connectivity index (χ4v) is 4.36. The molecule has 0 aliphatic carbocycles. The summed E-state index contributed by atoms with van der Waals surface area (Å²) < 4.78 is 3.12. The molecule has 0 amide bonds. The van der Waals surface area contributed by atoms with Gasteiger partial charge in [-0.2, -0.15) is 9.97 Å². The molecule has 0 saturated heterocycles. The SMILES string of the molecule is C#Cc1cc2c(C)nc(N)nc2n(CC)c1=O.CCn1c(=O)c(C#C[Si](C)(C)C)cc2c(C)nc(N)nc21.O=CO[O-].[H-].[K+].[K+]. The second kappa shape index (κ2) is 19.0. The van der Waals surface area contributed by atoms with E-state index in [9.17, 15) is 9.59 Å². The number of fused-ring (bicyclic) bond motifs is 2. The van der Waals surface area contributed by atoms with Crippen LogP contribution in [0, 0.1) is 37.7 Å². The smallest absolute Gasteiger partial charge is 1.00 e. The minimum atomic E-state index is -1.54. The Kier molecular flexibility index (Phi) is 18.2. The number of terminal acetylenes is 1. The third-order valence-corrected chi connectivity index (χ3v) is 6.58. The van der Waals surface area contributed by atoms with Crippen LogP contribution in [0.4, 0.5) is 11.9 Å². The summed E-state index contributed by atoms with van der Waals surface area (Å²) in [7, 11) is -1.54. The van der Waals surface area contributed by atoms with Crippen LogP contribution in [0.5, 0.6) is 0 Å². The molecule has 0 aliphatic rings. The monoisotopic (exact) mass is 668 g/mol. The molecule has 0 radical (unpaired) electrons. The van der Waals surface area contributed by atoms with Gasteiger partial charge in [0.2, 0.25) is 11.9 Å².